The van der Waals surface area contributed by atoms with Crippen molar-refractivity contribution in [2.45, 2.75) is 76.1 Å². The molecule has 11 heteroatoms. The Labute approximate surface area is 204 Å². The molecule has 0 saturated carbocycles. The van der Waals surface area contributed by atoms with Gasteiger partial charge in [-0.05, 0) is 27.7 Å². The summed E-state index contributed by atoms with van der Waals surface area (Å²) in [5, 5.41) is 20.0. The number of carboxylic acid groups (broad SMARTS) is 2. The third kappa shape index (κ3) is 17.9. The Balaban J connectivity index is -0.000000414. The molecule has 0 heterocycles. The van der Waals surface area contributed by atoms with Crippen molar-refractivity contribution in [3.05, 3.63) is 0 Å². The van der Waals surface area contributed by atoms with E-state index in [9.17, 15) is 48.6 Å². The van der Waals surface area contributed by atoms with Gasteiger partial charge in [0.1, 0.15) is 46.9 Å². The summed E-state index contributed by atoms with van der Waals surface area (Å²) in [5.74, 6) is -13.5. The molecule has 0 rings (SSSR count). The molecule has 0 aliphatic heterocycles. The number of hydrogen-bond acceptors (Lipinski definition) is 10. The Hall–Kier alpha value is -2.24. The minimum atomic E-state index is -2.01. The number of unbranched alkanes of at least 4 members (excludes halogenated alkanes) is 2. The molecular weight excluding hydrogens is 543 g/mol. The molecule has 0 amide bonds. The summed E-state index contributed by atoms with van der Waals surface area (Å²) in [4.78, 5) is 83.6. The molecule has 0 bridgehead atoms. The molecule has 0 aromatic rings. The summed E-state index contributed by atoms with van der Waals surface area (Å²) in [7, 11) is 0. The van der Waals surface area contributed by atoms with E-state index < -0.39 is 58.5 Å². The first kappa shape index (κ1) is 35.4. The molecule has 0 N–H and O–H groups in total. The van der Waals surface area contributed by atoms with Crippen LogP contribution in [0.1, 0.15) is 67.2 Å². The Kier molecular flexibility index (Phi) is 21.8. The zero-order valence-corrected chi connectivity index (χ0v) is 22.8. The molecule has 0 aliphatic carbocycles. The number of rotatable bonds is 14. The van der Waals surface area contributed by atoms with E-state index in [1.54, 1.807) is 8.87 Å². The van der Waals surface area contributed by atoms with Gasteiger partial charge in [-0.15, -0.1) is 0 Å². The molecule has 184 valence electrons. The van der Waals surface area contributed by atoms with Crippen molar-refractivity contribution in [2.24, 2.45) is 11.8 Å². The quantitative estimate of drug-likeness (QED) is 0.111. The second-order valence-electron chi connectivity index (χ2n) is 7.07. The van der Waals surface area contributed by atoms with Crippen LogP contribution in [-0.4, -0.2) is 67.8 Å². The van der Waals surface area contributed by atoms with Crippen LogP contribution in [0.25, 0.3) is 0 Å². The van der Waals surface area contributed by atoms with Gasteiger partial charge in [-0.25, -0.2) is 0 Å². The number of carbonyl (C=O) groups is 8. The van der Waals surface area contributed by atoms with Crippen LogP contribution in [-0.2, 0) is 38.4 Å². The minimum absolute atomic E-state index is 0.149. The average molecular weight is 575 g/mol. The monoisotopic (exact) mass is 576 g/mol. The van der Waals surface area contributed by atoms with E-state index in [4.69, 9.17) is 0 Å². The van der Waals surface area contributed by atoms with E-state index in [1.165, 1.54) is 25.7 Å². The van der Waals surface area contributed by atoms with Crippen LogP contribution < -0.4 is 10.2 Å². The van der Waals surface area contributed by atoms with Gasteiger partial charge in [0.15, 0.2) is 11.6 Å². The van der Waals surface area contributed by atoms with Crippen molar-refractivity contribution in [3.63, 3.8) is 0 Å². The van der Waals surface area contributed by atoms with E-state index in [0.29, 0.717) is 0 Å². The second-order valence-corrected chi connectivity index (χ2v) is 11.4. The topological polar surface area (TPSA) is 183 Å². The molecule has 0 aliphatic rings. The van der Waals surface area contributed by atoms with Crippen LogP contribution in [0.4, 0.5) is 0 Å². The van der Waals surface area contributed by atoms with E-state index in [2.05, 4.69) is 13.8 Å². The molecule has 33 heavy (non-hydrogen) atoms. The Morgan fingerprint density at radius 2 is 0.818 bits per heavy atom. The SMILES string of the molecule is CC(=O)C(C(C)=O)C(=O)C(=O)[O-].CC(=O)C(C(C)=O)C(=O)C(=O)[O-].CCC[CH2][Sn+2][CH2]CCC. The molecule has 0 unspecified atom stereocenters. The number of aliphatic carboxylic acids is 2. The van der Waals surface area contributed by atoms with E-state index in [1.807, 2.05) is 0 Å². The van der Waals surface area contributed by atoms with Gasteiger partial charge in [-0.3, -0.25) is 28.8 Å². The molecule has 0 atom stereocenters. The van der Waals surface area contributed by atoms with Crippen molar-refractivity contribution < 1.29 is 48.6 Å². The van der Waals surface area contributed by atoms with Crippen molar-refractivity contribution >= 4 is 67.8 Å². The van der Waals surface area contributed by atoms with Crippen LogP contribution in [0, 0.1) is 11.8 Å². The Morgan fingerprint density at radius 1 is 0.576 bits per heavy atom. The van der Waals surface area contributed by atoms with Gasteiger partial charge < -0.3 is 19.8 Å². The molecule has 0 aromatic carbocycles. The Morgan fingerprint density at radius 3 is 0.939 bits per heavy atom. The molecule has 0 aromatic heterocycles. The summed E-state index contributed by atoms with van der Waals surface area (Å²) < 4.78 is 3.25. The fraction of sp³-hybridized carbons (Fsp3) is 0.636. The van der Waals surface area contributed by atoms with Crippen LogP contribution in [0.15, 0.2) is 0 Å². The summed E-state index contributed by atoms with van der Waals surface area (Å²) in [6, 6.07) is 0. The molecule has 0 fully saturated rings. The van der Waals surface area contributed by atoms with Crippen molar-refractivity contribution in [1.29, 1.82) is 0 Å². The number of hydrogen-bond donors (Lipinski definition) is 0. The Bertz CT molecular complexity index is 639. The van der Waals surface area contributed by atoms with Gasteiger partial charge in [0, 0.05) is 0 Å². The zero-order valence-electron chi connectivity index (χ0n) is 20.0. The van der Waals surface area contributed by atoms with Gasteiger partial charge in [0.05, 0.1) is 0 Å². The van der Waals surface area contributed by atoms with Gasteiger partial charge in [-0.2, -0.15) is 0 Å². The molecule has 0 radical (unpaired) electrons. The summed E-state index contributed by atoms with van der Waals surface area (Å²) >= 11 is 0.149. The zero-order chi connectivity index (χ0) is 26.7. The fourth-order valence-corrected chi connectivity index (χ4v) is 6.43. The van der Waals surface area contributed by atoms with Crippen LogP contribution in [0.3, 0.4) is 0 Å². The number of ketones is 6. The standard InChI is InChI=1S/2C7H8O5.2C4H9.Sn/c2*1-3(8)5(4(2)9)6(10)7(11)12;2*1-3-4-2;/h2*5H,1-2H3,(H,11,12);2*1,3-4H2,2H3;/q;;;;+2/p-2. The summed E-state index contributed by atoms with van der Waals surface area (Å²) in [6.07, 6.45) is 5.84. The number of carbonyl (C=O) groups excluding carboxylic acids is 8. The maximum absolute atomic E-state index is 10.6. The van der Waals surface area contributed by atoms with Crippen LogP contribution in [0.2, 0.25) is 8.87 Å². The average Bonchev–Trinajstić information content (AvgIpc) is 2.67. The third-order valence-corrected chi connectivity index (χ3v) is 8.00. The predicted molar refractivity (Wildman–Crippen MR) is 115 cm³/mol. The second kappa shape index (κ2) is 20.4. The first-order chi connectivity index (χ1) is 15.2. The van der Waals surface area contributed by atoms with Crippen molar-refractivity contribution in [3.8, 4) is 0 Å². The van der Waals surface area contributed by atoms with E-state index in [0.717, 1.165) is 27.7 Å². The van der Waals surface area contributed by atoms with E-state index in [-0.39, 0.29) is 21.1 Å². The third-order valence-electron chi connectivity index (χ3n) is 3.97. The van der Waals surface area contributed by atoms with E-state index >= 15 is 0 Å². The van der Waals surface area contributed by atoms with Gasteiger partial charge in [0.2, 0.25) is 0 Å². The molecule has 10 nitrogen and oxygen atoms in total. The molecular formula is C22H32O10Sn. The van der Waals surface area contributed by atoms with Gasteiger partial charge in [0.25, 0.3) is 0 Å². The van der Waals surface area contributed by atoms with Crippen molar-refractivity contribution in [2.75, 3.05) is 0 Å². The first-order valence-electron chi connectivity index (χ1n) is 10.4. The number of Topliss-reactive ketones (excluding diaryl/α,β-unsaturated/α-hetero) is 6. The normalized spacial score (nSPS) is 9.45. The van der Waals surface area contributed by atoms with Crippen LogP contribution in [0.5, 0.6) is 0 Å². The number of carboxylic acids is 2. The van der Waals surface area contributed by atoms with Crippen LogP contribution >= 0.6 is 0 Å². The maximum atomic E-state index is 10.6. The van der Waals surface area contributed by atoms with Crippen molar-refractivity contribution in [1.82, 2.24) is 0 Å². The fourth-order valence-electron chi connectivity index (χ4n) is 2.28. The van der Waals surface area contributed by atoms with Gasteiger partial charge in [-0.1, -0.05) is 0 Å². The summed E-state index contributed by atoms with van der Waals surface area (Å²) in [6.45, 7) is 8.50. The first-order valence-corrected chi connectivity index (χ1v) is 14.4. The molecule has 0 saturated heterocycles. The summed E-state index contributed by atoms with van der Waals surface area (Å²) in [5.41, 5.74) is 0. The predicted octanol–water partition coefficient (Wildman–Crippen LogP) is -0.673. The molecule has 0 spiro atoms. The van der Waals surface area contributed by atoms with Gasteiger partial charge >= 0.3 is 69.5 Å².